The fourth-order valence-corrected chi connectivity index (χ4v) is 2.60. The van der Waals surface area contributed by atoms with Gasteiger partial charge >= 0.3 is 0 Å². The third-order valence-corrected chi connectivity index (χ3v) is 4.16. The number of carbonyl (C=O) groups excluding carboxylic acids is 1. The number of carbonyl (C=O) groups is 1. The molecule has 0 aliphatic carbocycles. The first-order valence-electron chi connectivity index (χ1n) is 7.68. The number of nitrogens with zero attached hydrogens (tertiary/aromatic N) is 1. The largest absolute Gasteiger partial charge is 0.354 e. The van der Waals surface area contributed by atoms with Crippen molar-refractivity contribution in [1.82, 2.24) is 10.2 Å². The summed E-state index contributed by atoms with van der Waals surface area (Å²) in [5.41, 5.74) is 5.93. The Bertz CT molecular complexity index is 273. The molecule has 0 aromatic heterocycles. The maximum Gasteiger partial charge on any atom is 0.221 e. The molecule has 112 valence electrons. The standard InChI is InChI=1S/C15H31N3O/c1-11(2)13(16)9-15(19)17-10-14(12(3)4)18-7-5-6-8-18/h11-14H,5-10,16H2,1-4H3,(H,17,19). The lowest BCUT2D eigenvalue weighted by Crippen LogP contribution is -2.46. The second-order valence-electron chi connectivity index (χ2n) is 6.47. The third kappa shape index (κ3) is 5.49. The summed E-state index contributed by atoms with van der Waals surface area (Å²) in [7, 11) is 0. The predicted octanol–water partition coefficient (Wildman–Crippen LogP) is 1.60. The molecule has 1 saturated heterocycles. The molecule has 1 aliphatic heterocycles. The van der Waals surface area contributed by atoms with E-state index < -0.39 is 0 Å². The molecule has 1 amide bonds. The number of likely N-dealkylation sites (tertiary alicyclic amines) is 1. The summed E-state index contributed by atoms with van der Waals surface area (Å²) in [6.45, 7) is 11.7. The summed E-state index contributed by atoms with van der Waals surface area (Å²) < 4.78 is 0. The molecule has 4 nitrogen and oxygen atoms in total. The van der Waals surface area contributed by atoms with Gasteiger partial charge < -0.3 is 11.1 Å². The van der Waals surface area contributed by atoms with Crippen molar-refractivity contribution in [3.8, 4) is 0 Å². The van der Waals surface area contributed by atoms with Gasteiger partial charge in [-0.05, 0) is 37.8 Å². The van der Waals surface area contributed by atoms with Crippen molar-refractivity contribution in [1.29, 1.82) is 0 Å². The molecule has 2 unspecified atom stereocenters. The predicted molar refractivity (Wildman–Crippen MR) is 79.9 cm³/mol. The van der Waals surface area contributed by atoms with E-state index >= 15 is 0 Å². The molecule has 4 heteroatoms. The van der Waals surface area contributed by atoms with E-state index in [1.807, 2.05) is 0 Å². The van der Waals surface area contributed by atoms with E-state index in [4.69, 9.17) is 5.73 Å². The van der Waals surface area contributed by atoms with E-state index in [-0.39, 0.29) is 11.9 Å². The fourth-order valence-electron chi connectivity index (χ4n) is 2.60. The van der Waals surface area contributed by atoms with Crippen molar-refractivity contribution in [2.45, 2.75) is 59.0 Å². The van der Waals surface area contributed by atoms with Crippen LogP contribution in [0.2, 0.25) is 0 Å². The van der Waals surface area contributed by atoms with Crippen LogP contribution < -0.4 is 11.1 Å². The van der Waals surface area contributed by atoms with E-state index in [1.54, 1.807) is 0 Å². The molecule has 3 N–H and O–H groups in total. The highest BCUT2D eigenvalue weighted by Crippen LogP contribution is 2.17. The third-order valence-electron chi connectivity index (χ3n) is 4.16. The van der Waals surface area contributed by atoms with Gasteiger partial charge in [0, 0.05) is 25.0 Å². The normalized spacial score (nSPS) is 19.9. The Hall–Kier alpha value is -0.610. The zero-order valence-corrected chi connectivity index (χ0v) is 13.0. The Labute approximate surface area is 118 Å². The zero-order chi connectivity index (χ0) is 14.4. The van der Waals surface area contributed by atoms with Crippen molar-refractivity contribution >= 4 is 5.91 Å². The van der Waals surface area contributed by atoms with E-state index in [9.17, 15) is 4.79 Å². The molecule has 2 atom stereocenters. The number of amides is 1. The number of nitrogens with one attached hydrogen (secondary N) is 1. The summed E-state index contributed by atoms with van der Waals surface area (Å²) in [6, 6.07) is 0.422. The van der Waals surface area contributed by atoms with Gasteiger partial charge in [-0.2, -0.15) is 0 Å². The minimum absolute atomic E-state index is 0.0377. The topological polar surface area (TPSA) is 58.4 Å². The zero-order valence-electron chi connectivity index (χ0n) is 13.0. The van der Waals surface area contributed by atoms with Gasteiger partial charge in [-0.15, -0.1) is 0 Å². The van der Waals surface area contributed by atoms with Gasteiger partial charge in [0.15, 0.2) is 0 Å². The van der Waals surface area contributed by atoms with Crippen LogP contribution in [0.15, 0.2) is 0 Å². The Morgan fingerprint density at radius 2 is 1.74 bits per heavy atom. The van der Waals surface area contributed by atoms with E-state index in [0.29, 0.717) is 24.3 Å². The van der Waals surface area contributed by atoms with Gasteiger partial charge in [0.1, 0.15) is 0 Å². The highest BCUT2D eigenvalue weighted by Gasteiger charge is 2.25. The molecule has 0 aromatic carbocycles. The van der Waals surface area contributed by atoms with E-state index in [1.165, 1.54) is 25.9 Å². The van der Waals surface area contributed by atoms with Gasteiger partial charge in [-0.25, -0.2) is 0 Å². The maximum atomic E-state index is 11.9. The summed E-state index contributed by atoms with van der Waals surface area (Å²) in [5.74, 6) is 1.01. The van der Waals surface area contributed by atoms with Gasteiger partial charge in [-0.3, -0.25) is 9.69 Å². The van der Waals surface area contributed by atoms with E-state index in [0.717, 1.165) is 6.54 Å². The smallest absolute Gasteiger partial charge is 0.221 e. The monoisotopic (exact) mass is 269 g/mol. The lowest BCUT2D eigenvalue weighted by atomic mass is 10.0. The van der Waals surface area contributed by atoms with Crippen molar-refractivity contribution < 1.29 is 4.79 Å². The van der Waals surface area contributed by atoms with Gasteiger partial charge in [0.25, 0.3) is 0 Å². The first kappa shape index (κ1) is 16.4. The number of nitrogens with two attached hydrogens (primary N) is 1. The Balaban J connectivity index is 2.37. The quantitative estimate of drug-likeness (QED) is 0.738. The molecule has 0 aromatic rings. The molecule has 1 fully saturated rings. The molecule has 1 heterocycles. The minimum atomic E-state index is -0.0377. The number of hydrogen-bond acceptors (Lipinski definition) is 3. The highest BCUT2D eigenvalue weighted by atomic mass is 16.1. The van der Waals surface area contributed by atoms with Crippen LogP contribution >= 0.6 is 0 Å². The van der Waals surface area contributed by atoms with Crippen molar-refractivity contribution in [2.75, 3.05) is 19.6 Å². The van der Waals surface area contributed by atoms with Gasteiger partial charge in [0.2, 0.25) is 5.91 Å². The lowest BCUT2D eigenvalue weighted by Gasteiger charge is -2.31. The van der Waals surface area contributed by atoms with Crippen LogP contribution in [0.5, 0.6) is 0 Å². The molecule has 1 aliphatic rings. The lowest BCUT2D eigenvalue weighted by molar-refractivity contribution is -0.121. The Morgan fingerprint density at radius 3 is 2.21 bits per heavy atom. The summed E-state index contributed by atoms with van der Waals surface area (Å²) >= 11 is 0. The molecule has 19 heavy (non-hydrogen) atoms. The van der Waals surface area contributed by atoms with Gasteiger partial charge in [-0.1, -0.05) is 27.7 Å². The van der Waals surface area contributed by atoms with Crippen LogP contribution in [-0.2, 0) is 4.79 Å². The maximum absolute atomic E-state index is 11.9. The van der Waals surface area contributed by atoms with Crippen LogP contribution in [0.25, 0.3) is 0 Å². The molecular weight excluding hydrogens is 238 g/mol. The minimum Gasteiger partial charge on any atom is -0.354 e. The average molecular weight is 269 g/mol. The number of hydrogen-bond donors (Lipinski definition) is 2. The average Bonchev–Trinajstić information content (AvgIpc) is 2.82. The molecular formula is C15H31N3O. The molecule has 0 radical (unpaired) electrons. The van der Waals surface area contributed by atoms with Gasteiger partial charge in [0.05, 0.1) is 0 Å². The van der Waals surface area contributed by atoms with Crippen molar-refractivity contribution in [3.63, 3.8) is 0 Å². The molecule has 0 spiro atoms. The second-order valence-corrected chi connectivity index (χ2v) is 6.47. The Morgan fingerprint density at radius 1 is 1.16 bits per heavy atom. The molecule has 0 bridgehead atoms. The van der Waals surface area contributed by atoms with Crippen LogP contribution in [0.3, 0.4) is 0 Å². The Kier molecular flexibility index (Phi) is 6.80. The number of rotatable bonds is 7. The highest BCUT2D eigenvalue weighted by molar-refractivity contribution is 5.76. The van der Waals surface area contributed by atoms with E-state index in [2.05, 4.69) is 37.9 Å². The summed E-state index contributed by atoms with van der Waals surface area (Å²) in [4.78, 5) is 14.4. The fraction of sp³-hybridized carbons (Fsp3) is 0.933. The van der Waals surface area contributed by atoms with Crippen LogP contribution in [-0.4, -0.2) is 42.5 Å². The van der Waals surface area contributed by atoms with Crippen LogP contribution in [0.1, 0.15) is 47.0 Å². The summed E-state index contributed by atoms with van der Waals surface area (Å²) in [5, 5.41) is 3.07. The van der Waals surface area contributed by atoms with Crippen molar-refractivity contribution in [3.05, 3.63) is 0 Å². The molecule has 0 saturated carbocycles. The SMILES string of the molecule is CC(C)C(N)CC(=O)NCC(C(C)C)N1CCCC1. The first-order valence-corrected chi connectivity index (χ1v) is 7.68. The second kappa shape index (κ2) is 7.85. The van der Waals surface area contributed by atoms with Crippen LogP contribution in [0, 0.1) is 11.8 Å². The molecule has 1 rings (SSSR count). The summed E-state index contributed by atoms with van der Waals surface area (Å²) in [6.07, 6.45) is 3.01. The van der Waals surface area contributed by atoms with Crippen molar-refractivity contribution in [2.24, 2.45) is 17.6 Å². The first-order chi connectivity index (χ1) is 8.91. The van der Waals surface area contributed by atoms with Crippen LogP contribution in [0.4, 0.5) is 0 Å².